The lowest BCUT2D eigenvalue weighted by molar-refractivity contribution is -0.113. The molecule has 1 amide bonds. The zero-order chi connectivity index (χ0) is 24.8. The van der Waals surface area contributed by atoms with Crippen LogP contribution in [0, 0.1) is 11.8 Å². The van der Waals surface area contributed by atoms with E-state index in [-0.39, 0.29) is 39.5 Å². The molecule has 1 aliphatic carbocycles. The van der Waals surface area contributed by atoms with Crippen LogP contribution in [-0.2, 0) is 4.79 Å². The van der Waals surface area contributed by atoms with E-state index in [0.717, 1.165) is 19.3 Å². The van der Waals surface area contributed by atoms with Crippen molar-refractivity contribution in [3.05, 3.63) is 52.6 Å². The summed E-state index contributed by atoms with van der Waals surface area (Å²) in [5, 5.41) is 2.86. The van der Waals surface area contributed by atoms with Gasteiger partial charge in [0.15, 0.2) is 5.78 Å². The molecule has 0 radical (unpaired) electrons. The number of alkyl halides is 1. The molecule has 7 heteroatoms. The molecule has 0 atom stereocenters. The van der Waals surface area contributed by atoms with E-state index in [0.29, 0.717) is 47.8 Å². The summed E-state index contributed by atoms with van der Waals surface area (Å²) in [7, 11) is 0. The number of anilines is 1. The van der Waals surface area contributed by atoms with Gasteiger partial charge in [0.1, 0.15) is 11.5 Å². The quantitative estimate of drug-likeness (QED) is 0.242. The number of amides is 1. The second-order valence-corrected chi connectivity index (χ2v) is 9.89. The van der Waals surface area contributed by atoms with Gasteiger partial charge in [-0.2, -0.15) is 0 Å². The largest absolute Gasteiger partial charge is 0.493 e. The summed E-state index contributed by atoms with van der Waals surface area (Å²) in [6.45, 7) is 9.34. The van der Waals surface area contributed by atoms with Crippen molar-refractivity contribution in [3.8, 4) is 11.5 Å². The molecule has 3 rings (SSSR count). The third-order valence-electron chi connectivity index (χ3n) is 5.61. The van der Waals surface area contributed by atoms with Crippen LogP contribution in [-0.4, -0.2) is 36.0 Å². The van der Waals surface area contributed by atoms with Gasteiger partial charge in [0.2, 0.25) is 11.7 Å². The molecular weight excluding hydrogens is 498 g/mol. The Labute approximate surface area is 209 Å². The van der Waals surface area contributed by atoms with Crippen LogP contribution in [0.15, 0.2) is 30.3 Å². The van der Waals surface area contributed by atoms with E-state index in [1.807, 2.05) is 0 Å². The Kier molecular flexibility index (Phi) is 8.89. The highest BCUT2D eigenvalue weighted by atomic mass is 79.9. The first-order valence-corrected chi connectivity index (χ1v) is 12.9. The molecule has 0 unspecified atom stereocenters. The predicted molar refractivity (Wildman–Crippen MR) is 137 cm³/mol. The maximum atomic E-state index is 13.7. The minimum atomic E-state index is -0.304. The highest BCUT2D eigenvalue weighted by molar-refractivity contribution is 9.09. The third-order valence-corrected chi connectivity index (χ3v) is 6.12. The van der Waals surface area contributed by atoms with Crippen molar-refractivity contribution in [1.29, 1.82) is 0 Å². The standard InChI is InChI=1S/C27H32BrNO5/c1-16(2)7-6-11-33-22-14-18(29-23(30)15-28)13-20-25(22)27(32)24-19(26(20)31)8-5-9-21(24)34-12-10-17(3)4/h5,8-9,13-14,16-17H,6-7,10-12,15H2,1-4H3,(H,29,30). The Balaban J connectivity index is 2.02. The monoisotopic (exact) mass is 529 g/mol. The molecule has 34 heavy (non-hydrogen) atoms. The van der Waals surface area contributed by atoms with Crippen LogP contribution in [0.1, 0.15) is 78.8 Å². The van der Waals surface area contributed by atoms with Crippen LogP contribution < -0.4 is 14.8 Å². The first-order valence-electron chi connectivity index (χ1n) is 11.7. The van der Waals surface area contributed by atoms with Gasteiger partial charge < -0.3 is 14.8 Å². The lowest BCUT2D eigenvalue weighted by Crippen LogP contribution is -2.24. The van der Waals surface area contributed by atoms with Crippen molar-refractivity contribution >= 4 is 39.1 Å². The van der Waals surface area contributed by atoms with Crippen molar-refractivity contribution < 1.29 is 23.9 Å². The number of halogens is 1. The number of hydrogen-bond donors (Lipinski definition) is 1. The minimum Gasteiger partial charge on any atom is -0.493 e. The van der Waals surface area contributed by atoms with Crippen LogP contribution in [0.4, 0.5) is 5.69 Å². The van der Waals surface area contributed by atoms with Crippen molar-refractivity contribution in [2.24, 2.45) is 11.8 Å². The second-order valence-electron chi connectivity index (χ2n) is 9.33. The molecule has 0 aliphatic heterocycles. The topological polar surface area (TPSA) is 81.7 Å². The Morgan fingerprint density at radius 3 is 2.24 bits per heavy atom. The molecule has 0 heterocycles. The maximum Gasteiger partial charge on any atom is 0.235 e. The Morgan fingerprint density at radius 1 is 0.882 bits per heavy atom. The van der Waals surface area contributed by atoms with Crippen LogP contribution in [0.2, 0.25) is 0 Å². The fourth-order valence-electron chi connectivity index (χ4n) is 3.83. The van der Waals surface area contributed by atoms with Gasteiger partial charge in [0.25, 0.3) is 0 Å². The Bertz CT molecular complexity index is 1080. The fraction of sp³-hybridized carbons (Fsp3) is 0.444. The van der Waals surface area contributed by atoms with Crippen LogP contribution in [0.5, 0.6) is 11.5 Å². The van der Waals surface area contributed by atoms with E-state index in [9.17, 15) is 14.4 Å². The van der Waals surface area contributed by atoms with Gasteiger partial charge >= 0.3 is 0 Å². The summed E-state index contributed by atoms with van der Waals surface area (Å²) in [6, 6.07) is 8.25. The predicted octanol–water partition coefficient (Wildman–Crippen LogP) is 6.04. The molecule has 182 valence electrons. The summed E-state index contributed by atoms with van der Waals surface area (Å²) in [5.74, 6) is 0.834. The van der Waals surface area contributed by atoms with Crippen LogP contribution in [0.3, 0.4) is 0 Å². The Hall–Kier alpha value is -2.67. The minimum absolute atomic E-state index is 0.113. The molecule has 1 N–H and O–H groups in total. The molecule has 1 aliphatic rings. The average Bonchev–Trinajstić information content (AvgIpc) is 2.79. The van der Waals surface area contributed by atoms with E-state index >= 15 is 0 Å². The first kappa shape index (κ1) is 25.9. The van der Waals surface area contributed by atoms with E-state index in [4.69, 9.17) is 9.47 Å². The van der Waals surface area contributed by atoms with E-state index in [1.165, 1.54) is 0 Å². The smallest absolute Gasteiger partial charge is 0.235 e. The van der Waals surface area contributed by atoms with Gasteiger partial charge in [0, 0.05) is 22.9 Å². The number of carbonyl (C=O) groups is 3. The van der Waals surface area contributed by atoms with Crippen LogP contribution >= 0.6 is 15.9 Å². The van der Waals surface area contributed by atoms with Gasteiger partial charge in [-0.15, -0.1) is 0 Å². The van der Waals surface area contributed by atoms with Gasteiger partial charge in [-0.25, -0.2) is 0 Å². The van der Waals surface area contributed by atoms with Crippen molar-refractivity contribution in [3.63, 3.8) is 0 Å². The summed E-state index contributed by atoms with van der Waals surface area (Å²) in [5.41, 5.74) is 1.43. The van der Waals surface area contributed by atoms with E-state index < -0.39 is 0 Å². The van der Waals surface area contributed by atoms with Crippen LogP contribution in [0.25, 0.3) is 0 Å². The SMILES string of the molecule is CC(C)CCCOc1cc(NC(=O)CBr)cc2c1C(=O)c1c(OCCC(C)C)cccc1C2=O. The fourth-order valence-corrected chi connectivity index (χ4v) is 3.97. The molecule has 2 aromatic rings. The van der Waals surface area contributed by atoms with E-state index in [1.54, 1.807) is 30.3 Å². The molecular formula is C27H32BrNO5. The molecule has 2 aromatic carbocycles. The molecule has 6 nitrogen and oxygen atoms in total. The summed E-state index contributed by atoms with van der Waals surface area (Å²) >= 11 is 3.13. The number of carbonyl (C=O) groups excluding carboxylic acids is 3. The number of nitrogens with one attached hydrogen (secondary N) is 1. The van der Waals surface area contributed by atoms with Crippen molar-refractivity contribution in [2.75, 3.05) is 23.9 Å². The Morgan fingerprint density at radius 2 is 1.56 bits per heavy atom. The molecule has 0 spiro atoms. The molecule has 0 saturated carbocycles. The van der Waals surface area contributed by atoms with Gasteiger partial charge in [0.05, 0.1) is 29.7 Å². The summed E-state index contributed by atoms with van der Waals surface area (Å²) in [6.07, 6.45) is 2.63. The zero-order valence-corrected chi connectivity index (χ0v) is 21.8. The highest BCUT2D eigenvalue weighted by Crippen LogP contribution is 2.39. The molecule has 0 fully saturated rings. The molecule has 0 bridgehead atoms. The number of hydrogen-bond acceptors (Lipinski definition) is 5. The average molecular weight is 530 g/mol. The summed E-state index contributed by atoms with van der Waals surface area (Å²) < 4.78 is 11.9. The lowest BCUT2D eigenvalue weighted by atomic mass is 9.82. The zero-order valence-electron chi connectivity index (χ0n) is 20.2. The number of ketones is 2. The van der Waals surface area contributed by atoms with E-state index in [2.05, 4.69) is 48.9 Å². The third kappa shape index (κ3) is 6.06. The van der Waals surface area contributed by atoms with Crippen molar-refractivity contribution in [1.82, 2.24) is 0 Å². The highest BCUT2D eigenvalue weighted by Gasteiger charge is 2.35. The van der Waals surface area contributed by atoms with Gasteiger partial charge in [-0.1, -0.05) is 55.8 Å². The summed E-state index contributed by atoms with van der Waals surface area (Å²) in [4.78, 5) is 39.2. The van der Waals surface area contributed by atoms with Gasteiger partial charge in [-0.05, 0) is 43.2 Å². The number of rotatable bonds is 11. The molecule has 0 aromatic heterocycles. The molecule has 0 saturated heterocycles. The number of ether oxygens (including phenoxy) is 2. The first-order chi connectivity index (χ1) is 16.2. The number of fused-ring (bicyclic) bond motifs is 2. The number of benzene rings is 2. The van der Waals surface area contributed by atoms with Crippen molar-refractivity contribution in [2.45, 2.75) is 47.0 Å². The maximum absolute atomic E-state index is 13.7. The van der Waals surface area contributed by atoms with Gasteiger partial charge in [-0.3, -0.25) is 14.4 Å². The second kappa shape index (κ2) is 11.6. The lowest BCUT2D eigenvalue weighted by Gasteiger charge is -2.23. The normalized spacial score (nSPS) is 12.6.